The normalized spacial score (nSPS) is 13.5. The first-order valence-electron chi connectivity index (χ1n) is 9.46. The number of likely N-dealkylation sites (tertiary alicyclic amines) is 1. The predicted octanol–water partition coefficient (Wildman–Crippen LogP) is 3.85. The Morgan fingerprint density at radius 3 is 2.57 bits per heavy atom. The van der Waals surface area contributed by atoms with E-state index in [1.807, 2.05) is 64.3 Å². The van der Waals surface area contributed by atoms with Crippen LogP contribution in [0.25, 0.3) is 17.3 Å². The number of ether oxygens (including phenoxy) is 1. The standard InChI is InChI=1S/C23H23N3O2/c1-28-21-11-6-5-10-20(21)23-19(12-13-22(27)25-14-7-15-25)17-26(24-23)16-18-8-3-2-4-9-18/h2-6,8-13,17H,7,14-16H2,1H3/b13-12+. The molecule has 0 atom stereocenters. The minimum Gasteiger partial charge on any atom is -0.496 e. The molecule has 2 aromatic carbocycles. The second-order valence-corrected chi connectivity index (χ2v) is 6.83. The van der Waals surface area contributed by atoms with E-state index in [4.69, 9.17) is 9.84 Å². The van der Waals surface area contributed by atoms with Gasteiger partial charge in [0.25, 0.3) is 0 Å². The number of nitrogens with zero attached hydrogens (tertiary/aromatic N) is 3. The van der Waals surface area contributed by atoms with Crippen LogP contribution in [-0.2, 0) is 11.3 Å². The number of para-hydroxylation sites is 1. The van der Waals surface area contributed by atoms with Crippen molar-refractivity contribution >= 4 is 12.0 Å². The van der Waals surface area contributed by atoms with Crippen molar-refractivity contribution in [3.8, 4) is 17.0 Å². The second kappa shape index (κ2) is 8.13. The molecule has 0 unspecified atom stereocenters. The first-order valence-corrected chi connectivity index (χ1v) is 9.46. The quantitative estimate of drug-likeness (QED) is 0.617. The lowest BCUT2D eigenvalue weighted by Gasteiger charge is -2.29. The third-order valence-corrected chi connectivity index (χ3v) is 4.91. The summed E-state index contributed by atoms with van der Waals surface area (Å²) in [5.41, 5.74) is 3.78. The zero-order valence-corrected chi connectivity index (χ0v) is 15.9. The fourth-order valence-corrected chi connectivity index (χ4v) is 3.26. The summed E-state index contributed by atoms with van der Waals surface area (Å²) < 4.78 is 7.43. The summed E-state index contributed by atoms with van der Waals surface area (Å²) >= 11 is 0. The maximum absolute atomic E-state index is 12.3. The molecule has 28 heavy (non-hydrogen) atoms. The summed E-state index contributed by atoms with van der Waals surface area (Å²) in [6, 6.07) is 18.0. The number of amides is 1. The molecule has 0 spiro atoms. The number of benzene rings is 2. The molecule has 1 saturated heterocycles. The van der Waals surface area contributed by atoms with Crippen LogP contribution < -0.4 is 4.74 Å². The number of aromatic nitrogens is 2. The third-order valence-electron chi connectivity index (χ3n) is 4.91. The molecule has 0 bridgehead atoms. The molecule has 5 heteroatoms. The van der Waals surface area contributed by atoms with Gasteiger partial charge in [0.05, 0.1) is 13.7 Å². The summed E-state index contributed by atoms with van der Waals surface area (Å²) in [4.78, 5) is 14.1. The Morgan fingerprint density at radius 1 is 1.11 bits per heavy atom. The first-order chi connectivity index (χ1) is 13.7. The highest BCUT2D eigenvalue weighted by Gasteiger charge is 2.18. The van der Waals surface area contributed by atoms with Gasteiger partial charge in [-0.3, -0.25) is 9.48 Å². The van der Waals surface area contributed by atoms with E-state index in [-0.39, 0.29) is 5.91 Å². The highest BCUT2D eigenvalue weighted by atomic mass is 16.5. The molecule has 1 amide bonds. The minimum absolute atomic E-state index is 0.0491. The lowest BCUT2D eigenvalue weighted by Crippen LogP contribution is -2.40. The molecule has 0 aliphatic carbocycles. The largest absolute Gasteiger partial charge is 0.496 e. The lowest BCUT2D eigenvalue weighted by atomic mass is 10.1. The van der Waals surface area contributed by atoms with E-state index in [2.05, 4.69) is 12.1 Å². The van der Waals surface area contributed by atoms with Crippen molar-refractivity contribution in [3.05, 3.63) is 78.0 Å². The van der Waals surface area contributed by atoms with Crippen molar-refractivity contribution in [2.45, 2.75) is 13.0 Å². The third kappa shape index (κ3) is 3.83. The zero-order valence-electron chi connectivity index (χ0n) is 15.9. The van der Waals surface area contributed by atoms with Crippen LogP contribution in [0, 0.1) is 0 Å². The average Bonchev–Trinajstić information content (AvgIpc) is 3.08. The number of hydrogen-bond donors (Lipinski definition) is 0. The summed E-state index contributed by atoms with van der Waals surface area (Å²) in [6.45, 7) is 2.35. The Hall–Kier alpha value is -3.34. The predicted molar refractivity (Wildman–Crippen MR) is 110 cm³/mol. The molecule has 0 N–H and O–H groups in total. The molecule has 0 saturated carbocycles. The molecule has 1 fully saturated rings. The summed E-state index contributed by atoms with van der Waals surface area (Å²) in [6.07, 6.45) is 6.56. The smallest absolute Gasteiger partial charge is 0.246 e. The summed E-state index contributed by atoms with van der Waals surface area (Å²) in [5.74, 6) is 0.809. The molecule has 142 valence electrons. The van der Waals surface area contributed by atoms with Crippen LogP contribution in [-0.4, -0.2) is 40.8 Å². The first kappa shape index (κ1) is 18.0. The van der Waals surface area contributed by atoms with Gasteiger partial charge in [-0.25, -0.2) is 0 Å². The number of rotatable bonds is 6. The van der Waals surface area contributed by atoms with Crippen LogP contribution in [0.4, 0.5) is 0 Å². The Morgan fingerprint density at radius 2 is 1.86 bits per heavy atom. The van der Waals surface area contributed by atoms with Crippen molar-refractivity contribution in [2.75, 3.05) is 20.2 Å². The summed E-state index contributed by atoms with van der Waals surface area (Å²) in [5, 5.41) is 4.80. The number of methoxy groups -OCH3 is 1. The molecule has 0 radical (unpaired) electrons. The van der Waals surface area contributed by atoms with Gasteiger partial charge in [0.15, 0.2) is 0 Å². The maximum atomic E-state index is 12.3. The van der Waals surface area contributed by atoms with E-state index in [9.17, 15) is 4.79 Å². The highest BCUT2D eigenvalue weighted by Crippen LogP contribution is 2.31. The molecular weight excluding hydrogens is 350 g/mol. The molecule has 2 heterocycles. The number of carbonyl (C=O) groups excluding carboxylic acids is 1. The van der Waals surface area contributed by atoms with Crippen LogP contribution in [0.15, 0.2) is 66.9 Å². The van der Waals surface area contributed by atoms with Crippen molar-refractivity contribution in [1.82, 2.24) is 14.7 Å². The monoisotopic (exact) mass is 373 g/mol. The summed E-state index contributed by atoms with van der Waals surface area (Å²) in [7, 11) is 1.66. The molecule has 3 aromatic rings. The molecule has 1 aromatic heterocycles. The lowest BCUT2D eigenvalue weighted by molar-refractivity contribution is -0.129. The average molecular weight is 373 g/mol. The molecule has 4 rings (SSSR count). The Balaban J connectivity index is 1.69. The maximum Gasteiger partial charge on any atom is 0.246 e. The van der Waals surface area contributed by atoms with E-state index in [0.717, 1.165) is 42.1 Å². The molecule has 5 nitrogen and oxygen atoms in total. The van der Waals surface area contributed by atoms with E-state index >= 15 is 0 Å². The van der Waals surface area contributed by atoms with E-state index in [0.29, 0.717) is 6.54 Å². The highest BCUT2D eigenvalue weighted by molar-refractivity contribution is 5.93. The van der Waals surface area contributed by atoms with Gasteiger partial charge in [-0.2, -0.15) is 5.10 Å². The van der Waals surface area contributed by atoms with E-state index in [1.165, 1.54) is 5.56 Å². The Kier molecular flexibility index (Phi) is 5.24. The van der Waals surface area contributed by atoms with Gasteiger partial charge >= 0.3 is 0 Å². The minimum atomic E-state index is 0.0491. The van der Waals surface area contributed by atoms with Gasteiger partial charge in [-0.1, -0.05) is 42.5 Å². The van der Waals surface area contributed by atoms with E-state index < -0.39 is 0 Å². The van der Waals surface area contributed by atoms with Crippen molar-refractivity contribution in [2.24, 2.45) is 0 Å². The van der Waals surface area contributed by atoms with Crippen LogP contribution >= 0.6 is 0 Å². The van der Waals surface area contributed by atoms with E-state index in [1.54, 1.807) is 13.2 Å². The number of hydrogen-bond acceptors (Lipinski definition) is 3. The SMILES string of the molecule is COc1ccccc1-c1nn(Cc2ccccc2)cc1/C=C/C(=O)N1CCC1. The molecular formula is C23H23N3O2. The zero-order chi connectivity index (χ0) is 19.3. The van der Waals surface area contributed by atoms with Crippen LogP contribution in [0.3, 0.4) is 0 Å². The van der Waals surface area contributed by atoms with Gasteiger partial charge in [0.2, 0.25) is 5.91 Å². The number of carbonyl (C=O) groups is 1. The molecule has 1 aliphatic rings. The van der Waals surface area contributed by atoms with Crippen LogP contribution in [0.2, 0.25) is 0 Å². The molecule has 1 aliphatic heterocycles. The van der Waals surface area contributed by atoms with Gasteiger partial charge in [-0.05, 0) is 30.2 Å². The Labute approximate surface area is 164 Å². The van der Waals surface area contributed by atoms with Crippen LogP contribution in [0.1, 0.15) is 17.5 Å². The fourth-order valence-electron chi connectivity index (χ4n) is 3.26. The van der Waals surface area contributed by atoms with Gasteiger partial charge in [0.1, 0.15) is 11.4 Å². The fraction of sp³-hybridized carbons (Fsp3) is 0.217. The second-order valence-electron chi connectivity index (χ2n) is 6.83. The van der Waals surface area contributed by atoms with Crippen molar-refractivity contribution in [1.29, 1.82) is 0 Å². The van der Waals surface area contributed by atoms with Gasteiger partial charge in [0, 0.05) is 36.5 Å². The van der Waals surface area contributed by atoms with Crippen molar-refractivity contribution in [3.63, 3.8) is 0 Å². The van der Waals surface area contributed by atoms with Gasteiger partial charge < -0.3 is 9.64 Å². The van der Waals surface area contributed by atoms with Crippen molar-refractivity contribution < 1.29 is 9.53 Å². The Bertz CT molecular complexity index is 988. The topological polar surface area (TPSA) is 47.4 Å². The van der Waals surface area contributed by atoms with Gasteiger partial charge in [-0.15, -0.1) is 0 Å². The van der Waals surface area contributed by atoms with Crippen LogP contribution in [0.5, 0.6) is 5.75 Å².